The van der Waals surface area contributed by atoms with E-state index >= 15 is 0 Å². The third-order valence-corrected chi connectivity index (χ3v) is 3.49. The summed E-state index contributed by atoms with van der Waals surface area (Å²) >= 11 is 0. The highest BCUT2D eigenvalue weighted by atomic mass is 16.2. The molecule has 90 valence electrons. The van der Waals surface area contributed by atoms with E-state index in [2.05, 4.69) is 11.9 Å². The van der Waals surface area contributed by atoms with Gasteiger partial charge in [0.2, 0.25) is 11.8 Å². The van der Waals surface area contributed by atoms with Crippen LogP contribution in [0.2, 0.25) is 0 Å². The standard InChI is InChI=1S/C11H19N3O2/c1-9(15)14-7-10(8-14)11(16)13-5-3-12(2)4-6-13/h10H,3-8H2,1-2H3. The van der Waals surface area contributed by atoms with Crippen molar-refractivity contribution in [1.82, 2.24) is 14.7 Å². The van der Waals surface area contributed by atoms with E-state index in [4.69, 9.17) is 0 Å². The van der Waals surface area contributed by atoms with E-state index in [1.807, 2.05) is 4.90 Å². The minimum atomic E-state index is 0.0484. The minimum absolute atomic E-state index is 0.0484. The highest BCUT2D eigenvalue weighted by molar-refractivity contribution is 5.83. The van der Waals surface area contributed by atoms with Crippen LogP contribution in [-0.4, -0.2) is 72.8 Å². The van der Waals surface area contributed by atoms with E-state index < -0.39 is 0 Å². The molecule has 0 saturated carbocycles. The summed E-state index contributed by atoms with van der Waals surface area (Å²) in [6, 6.07) is 0. The highest BCUT2D eigenvalue weighted by Crippen LogP contribution is 2.18. The summed E-state index contributed by atoms with van der Waals surface area (Å²) in [5.41, 5.74) is 0. The van der Waals surface area contributed by atoms with Gasteiger partial charge < -0.3 is 14.7 Å². The zero-order valence-electron chi connectivity index (χ0n) is 9.98. The maximum absolute atomic E-state index is 12.0. The van der Waals surface area contributed by atoms with Crippen LogP contribution in [0.5, 0.6) is 0 Å². The first-order valence-electron chi connectivity index (χ1n) is 5.81. The Morgan fingerprint density at radius 1 is 1.00 bits per heavy atom. The van der Waals surface area contributed by atoms with Gasteiger partial charge in [-0.1, -0.05) is 0 Å². The predicted molar refractivity (Wildman–Crippen MR) is 59.8 cm³/mol. The molecule has 2 rings (SSSR count). The number of piperazine rings is 1. The molecule has 2 saturated heterocycles. The van der Waals surface area contributed by atoms with Crippen LogP contribution in [0, 0.1) is 5.92 Å². The van der Waals surface area contributed by atoms with E-state index in [-0.39, 0.29) is 17.7 Å². The molecule has 0 radical (unpaired) electrons. The lowest BCUT2D eigenvalue weighted by Crippen LogP contribution is -2.58. The first kappa shape index (κ1) is 11.4. The second kappa shape index (κ2) is 4.41. The molecule has 0 aliphatic carbocycles. The van der Waals surface area contributed by atoms with Gasteiger partial charge in [0.15, 0.2) is 0 Å². The number of hydrogen-bond donors (Lipinski definition) is 0. The summed E-state index contributed by atoms with van der Waals surface area (Å²) in [4.78, 5) is 28.9. The maximum atomic E-state index is 12.0. The number of amides is 2. The molecule has 2 heterocycles. The molecule has 0 aromatic carbocycles. The van der Waals surface area contributed by atoms with Crippen molar-refractivity contribution in [2.24, 2.45) is 5.92 Å². The molecule has 0 spiro atoms. The Morgan fingerprint density at radius 3 is 2.06 bits per heavy atom. The van der Waals surface area contributed by atoms with Crippen molar-refractivity contribution in [2.75, 3.05) is 46.3 Å². The third kappa shape index (κ3) is 2.19. The average molecular weight is 225 g/mol. The zero-order chi connectivity index (χ0) is 11.7. The third-order valence-electron chi connectivity index (χ3n) is 3.49. The summed E-state index contributed by atoms with van der Waals surface area (Å²) in [6.07, 6.45) is 0. The summed E-state index contributed by atoms with van der Waals surface area (Å²) < 4.78 is 0. The second-order valence-corrected chi connectivity index (χ2v) is 4.75. The van der Waals surface area contributed by atoms with Gasteiger partial charge in [0, 0.05) is 46.2 Å². The van der Waals surface area contributed by atoms with Crippen LogP contribution in [0.3, 0.4) is 0 Å². The summed E-state index contributed by atoms with van der Waals surface area (Å²) in [5.74, 6) is 0.348. The van der Waals surface area contributed by atoms with Crippen LogP contribution in [0.4, 0.5) is 0 Å². The fourth-order valence-corrected chi connectivity index (χ4v) is 2.18. The van der Waals surface area contributed by atoms with Crippen LogP contribution < -0.4 is 0 Å². The summed E-state index contributed by atoms with van der Waals surface area (Å²) in [6.45, 7) is 6.33. The Morgan fingerprint density at radius 2 is 1.56 bits per heavy atom. The predicted octanol–water partition coefficient (Wildman–Crippen LogP) is -0.761. The molecule has 5 heteroatoms. The number of rotatable bonds is 1. The van der Waals surface area contributed by atoms with Crippen molar-refractivity contribution in [3.63, 3.8) is 0 Å². The van der Waals surface area contributed by atoms with Crippen LogP contribution >= 0.6 is 0 Å². The number of hydrogen-bond acceptors (Lipinski definition) is 3. The number of likely N-dealkylation sites (tertiary alicyclic amines) is 1. The topological polar surface area (TPSA) is 43.9 Å². The minimum Gasteiger partial charge on any atom is -0.341 e. The molecule has 0 atom stereocenters. The zero-order valence-corrected chi connectivity index (χ0v) is 9.98. The van der Waals surface area contributed by atoms with Crippen molar-refractivity contribution < 1.29 is 9.59 Å². The van der Waals surface area contributed by atoms with Gasteiger partial charge >= 0.3 is 0 Å². The van der Waals surface area contributed by atoms with Gasteiger partial charge in [-0.2, -0.15) is 0 Å². The van der Waals surface area contributed by atoms with Crippen LogP contribution in [0.1, 0.15) is 6.92 Å². The van der Waals surface area contributed by atoms with Gasteiger partial charge in [0.1, 0.15) is 0 Å². The van der Waals surface area contributed by atoms with Crippen molar-refractivity contribution in [2.45, 2.75) is 6.92 Å². The van der Waals surface area contributed by atoms with Gasteiger partial charge in [0.05, 0.1) is 5.92 Å². The maximum Gasteiger partial charge on any atom is 0.229 e. The Kier molecular flexibility index (Phi) is 3.14. The van der Waals surface area contributed by atoms with Crippen molar-refractivity contribution in [3.8, 4) is 0 Å². The van der Waals surface area contributed by atoms with E-state index in [0.717, 1.165) is 26.2 Å². The monoisotopic (exact) mass is 225 g/mol. The molecule has 0 bridgehead atoms. The molecule has 2 aliphatic rings. The molecule has 0 aromatic rings. The average Bonchev–Trinajstić information content (AvgIpc) is 2.15. The van der Waals surface area contributed by atoms with E-state index in [1.54, 1.807) is 11.8 Å². The molecule has 2 aliphatic heterocycles. The second-order valence-electron chi connectivity index (χ2n) is 4.75. The van der Waals surface area contributed by atoms with Gasteiger partial charge in [-0.25, -0.2) is 0 Å². The van der Waals surface area contributed by atoms with Gasteiger partial charge in [0.25, 0.3) is 0 Å². The Balaban J connectivity index is 1.79. The number of carbonyl (C=O) groups excluding carboxylic acids is 2. The molecule has 2 fully saturated rings. The number of carbonyl (C=O) groups is 2. The molecular weight excluding hydrogens is 206 g/mol. The lowest BCUT2D eigenvalue weighted by atomic mass is 9.98. The molecule has 0 unspecified atom stereocenters. The molecule has 5 nitrogen and oxygen atoms in total. The van der Waals surface area contributed by atoms with Crippen molar-refractivity contribution in [1.29, 1.82) is 0 Å². The number of likely N-dealkylation sites (N-methyl/N-ethyl adjacent to an activating group) is 1. The molecule has 0 aromatic heterocycles. The molecule has 0 N–H and O–H groups in total. The first-order chi connectivity index (χ1) is 7.58. The lowest BCUT2D eigenvalue weighted by Gasteiger charge is -2.42. The van der Waals surface area contributed by atoms with Crippen LogP contribution in [0.15, 0.2) is 0 Å². The van der Waals surface area contributed by atoms with Crippen molar-refractivity contribution in [3.05, 3.63) is 0 Å². The Bertz CT molecular complexity index is 292. The lowest BCUT2D eigenvalue weighted by molar-refractivity contribution is -0.148. The fourth-order valence-electron chi connectivity index (χ4n) is 2.18. The summed E-state index contributed by atoms with van der Waals surface area (Å²) in [7, 11) is 2.07. The molecular formula is C11H19N3O2. The van der Waals surface area contributed by atoms with Gasteiger partial charge in [-0.15, -0.1) is 0 Å². The fraction of sp³-hybridized carbons (Fsp3) is 0.818. The molecule has 16 heavy (non-hydrogen) atoms. The normalized spacial score (nSPS) is 23.1. The van der Waals surface area contributed by atoms with E-state index in [9.17, 15) is 9.59 Å². The SMILES string of the molecule is CC(=O)N1CC(C(=O)N2CCN(C)CC2)C1. The Hall–Kier alpha value is -1.10. The number of nitrogens with zero attached hydrogens (tertiary/aromatic N) is 3. The van der Waals surface area contributed by atoms with Crippen molar-refractivity contribution >= 4 is 11.8 Å². The smallest absolute Gasteiger partial charge is 0.229 e. The first-order valence-corrected chi connectivity index (χ1v) is 5.81. The van der Waals surface area contributed by atoms with Crippen LogP contribution in [-0.2, 0) is 9.59 Å². The highest BCUT2D eigenvalue weighted by Gasteiger charge is 2.37. The van der Waals surface area contributed by atoms with E-state index in [0.29, 0.717) is 13.1 Å². The van der Waals surface area contributed by atoms with E-state index in [1.165, 1.54) is 0 Å². The largest absolute Gasteiger partial charge is 0.341 e. The van der Waals surface area contributed by atoms with Gasteiger partial charge in [-0.3, -0.25) is 9.59 Å². The quantitative estimate of drug-likeness (QED) is 0.589. The molecule has 2 amide bonds. The summed E-state index contributed by atoms with van der Waals surface area (Å²) in [5, 5.41) is 0. The van der Waals surface area contributed by atoms with Crippen LogP contribution in [0.25, 0.3) is 0 Å². The Labute approximate surface area is 96.0 Å². The van der Waals surface area contributed by atoms with Gasteiger partial charge in [-0.05, 0) is 7.05 Å².